The quantitative estimate of drug-likeness (QED) is 0.898. The Labute approximate surface area is 108 Å². The number of benzene rings is 1. The third kappa shape index (κ3) is 2.33. The van der Waals surface area contributed by atoms with E-state index >= 15 is 0 Å². The van der Waals surface area contributed by atoms with Crippen LogP contribution in [0.1, 0.15) is 17.9 Å². The minimum Gasteiger partial charge on any atom is -0.368 e. The van der Waals surface area contributed by atoms with Crippen LogP contribution in [0.2, 0.25) is 0 Å². The Morgan fingerprint density at radius 2 is 2.17 bits per heavy atom. The number of carbonyl (C=O) groups is 2. The van der Waals surface area contributed by atoms with Crippen LogP contribution in [0.15, 0.2) is 24.3 Å². The van der Waals surface area contributed by atoms with Crippen LogP contribution in [-0.4, -0.2) is 28.5 Å². The minimum absolute atomic E-state index is 0.185. The lowest BCUT2D eigenvalue weighted by Gasteiger charge is -2.22. The molecule has 1 aromatic rings. The first kappa shape index (κ1) is 12.9. The second-order valence-electron chi connectivity index (χ2n) is 4.08. The summed E-state index contributed by atoms with van der Waals surface area (Å²) in [7, 11) is 0. The highest BCUT2D eigenvalue weighted by atomic mass is 32.2. The highest BCUT2D eigenvalue weighted by Gasteiger charge is 2.40. The summed E-state index contributed by atoms with van der Waals surface area (Å²) in [4.78, 5) is 24.2. The maximum Gasteiger partial charge on any atom is 0.237 e. The van der Waals surface area contributed by atoms with Gasteiger partial charge in [0.25, 0.3) is 0 Å². The average molecular weight is 268 g/mol. The van der Waals surface area contributed by atoms with Crippen molar-refractivity contribution >= 4 is 23.6 Å². The van der Waals surface area contributed by atoms with Gasteiger partial charge in [0.05, 0.1) is 5.25 Å². The Kier molecular flexibility index (Phi) is 3.56. The van der Waals surface area contributed by atoms with Gasteiger partial charge in [0.1, 0.15) is 17.7 Å². The molecule has 0 saturated carbocycles. The van der Waals surface area contributed by atoms with Crippen molar-refractivity contribution in [1.29, 1.82) is 0 Å². The Hall–Kier alpha value is -1.56. The molecule has 2 atom stereocenters. The number of amides is 2. The topological polar surface area (TPSA) is 63.4 Å². The second-order valence-corrected chi connectivity index (χ2v) is 5.51. The molecule has 2 amide bonds. The molecule has 0 radical (unpaired) electrons. The predicted octanol–water partition coefficient (Wildman–Crippen LogP) is 1.27. The maximum absolute atomic E-state index is 13.7. The van der Waals surface area contributed by atoms with Gasteiger partial charge in [-0.1, -0.05) is 18.2 Å². The molecule has 1 fully saturated rings. The number of nitrogens with zero attached hydrogens (tertiary/aromatic N) is 1. The molecule has 1 aliphatic heterocycles. The Bertz CT molecular complexity index is 495. The number of hydrogen-bond donors (Lipinski definition) is 1. The van der Waals surface area contributed by atoms with Gasteiger partial charge in [-0.05, 0) is 13.0 Å². The van der Waals surface area contributed by atoms with Crippen LogP contribution in [0.4, 0.5) is 4.39 Å². The predicted molar refractivity (Wildman–Crippen MR) is 67.1 cm³/mol. The number of hydrogen-bond acceptors (Lipinski definition) is 3. The van der Waals surface area contributed by atoms with Crippen molar-refractivity contribution in [3.63, 3.8) is 0 Å². The van der Waals surface area contributed by atoms with Gasteiger partial charge in [-0.2, -0.15) is 0 Å². The summed E-state index contributed by atoms with van der Waals surface area (Å²) in [6.07, 6.45) is 0. The van der Waals surface area contributed by atoms with Crippen molar-refractivity contribution in [1.82, 2.24) is 4.90 Å². The molecule has 0 aromatic heterocycles. The van der Waals surface area contributed by atoms with Gasteiger partial charge in [0, 0.05) is 5.56 Å². The molecule has 2 N–H and O–H groups in total. The monoisotopic (exact) mass is 268 g/mol. The van der Waals surface area contributed by atoms with Crippen LogP contribution < -0.4 is 5.73 Å². The number of halogens is 1. The van der Waals surface area contributed by atoms with E-state index in [0.717, 1.165) is 0 Å². The van der Waals surface area contributed by atoms with Crippen molar-refractivity contribution in [2.24, 2.45) is 5.73 Å². The second kappa shape index (κ2) is 4.97. The third-order valence-corrected chi connectivity index (χ3v) is 4.12. The standard InChI is InChI=1S/C12H13FN2O2S/c1-7-11(17)15(6-10(14)16)12(18-7)8-4-2-3-5-9(8)13/h2-5,7,12H,6H2,1H3,(H2,14,16). The number of nitrogens with two attached hydrogens (primary N) is 1. The molecule has 2 unspecified atom stereocenters. The molecule has 6 heteroatoms. The molecule has 1 aliphatic rings. The molecule has 1 aromatic carbocycles. The van der Waals surface area contributed by atoms with Crippen LogP contribution in [0.25, 0.3) is 0 Å². The zero-order valence-corrected chi connectivity index (χ0v) is 10.6. The molecular formula is C12H13FN2O2S. The number of carbonyl (C=O) groups excluding carboxylic acids is 2. The van der Waals surface area contributed by atoms with Crippen LogP contribution in [-0.2, 0) is 9.59 Å². The van der Waals surface area contributed by atoms with Gasteiger partial charge in [0.15, 0.2) is 0 Å². The zero-order chi connectivity index (χ0) is 13.3. The Morgan fingerprint density at radius 3 is 2.78 bits per heavy atom. The summed E-state index contributed by atoms with van der Waals surface area (Å²) in [5, 5.41) is -0.782. The molecule has 18 heavy (non-hydrogen) atoms. The number of rotatable bonds is 3. The maximum atomic E-state index is 13.7. The first-order valence-corrected chi connectivity index (χ1v) is 6.43. The highest BCUT2D eigenvalue weighted by molar-refractivity contribution is 8.01. The molecule has 0 bridgehead atoms. The Morgan fingerprint density at radius 1 is 1.50 bits per heavy atom. The van der Waals surface area contributed by atoms with Gasteiger partial charge in [-0.25, -0.2) is 4.39 Å². The van der Waals surface area contributed by atoms with Gasteiger partial charge in [0.2, 0.25) is 11.8 Å². The molecule has 0 spiro atoms. The largest absolute Gasteiger partial charge is 0.368 e. The summed E-state index contributed by atoms with van der Waals surface area (Å²) in [5.41, 5.74) is 5.53. The molecule has 0 aliphatic carbocycles. The Balaban J connectivity index is 2.34. The van der Waals surface area contributed by atoms with E-state index in [0.29, 0.717) is 5.56 Å². The van der Waals surface area contributed by atoms with Crippen LogP contribution >= 0.6 is 11.8 Å². The molecule has 1 heterocycles. The van der Waals surface area contributed by atoms with Crippen LogP contribution in [0.5, 0.6) is 0 Å². The van der Waals surface area contributed by atoms with Crippen molar-refractivity contribution in [3.05, 3.63) is 35.6 Å². The zero-order valence-electron chi connectivity index (χ0n) is 9.80. The highest BCUT2D eigenvalue weighted by Crippen LogP contribution is 2.43. The van der Waals surface area contributed by atoms with Gasteiger partial charge in [-0.3, -0.25) is 9.59 Å². The van der Waals surface area contributed by atoms with E-state index in [2.05, 4.69) is 0 Å². The van der Waals surface area contributed by atoms with E-state index in [9.17, 15) is 14.0 Å². The first-order valence-electron chi connectivity index (χ1n) is 5.49. The molecular weight excluding hydrogens is 255 g/mol. The van der Waals surface area contributed by atoms with Crippen molar-refractivity contribution in [2.45, 2.75) is 17.5 Å². The molecule has 4 nitrogen and oxygen atoms in total. The molecule has 96 valence electrons. The van der Waals surface area contributed by atoms with Crippen LogP contribution in [0, 0.1) is 5.82 Å². The fourth-order valence-corrected chi connectivity index (χ4v) is 3.22. The minimum atomic E-state index is -0.598. The summed E-state index contributed by atoms with van der Waals surface area (Å²) in [6, 6.07) is 6.25. The molecule has 2 rings (SSSR count). The van der Waals surface area contributed by atoms with Crippen molar-refractivity contribution in [2.75, 3.05) is 6.54 Å². The van der Waals surface area contributed by atoms with E-state index in [1.54, 1.807) is 25.1 Å². The molecule has 1 saturated heterocycles. The van der Waals surface area contributed by atoms with Crippen molar-refractivity contribution in [3.8, 4) is 0 Å². The summed E-state index contributed by atoms with van der Waals surface area (Å²) >= 11 is 1.32. The number of thioether (sulfide) groups is 1. The SMILES string of the molecule is CC1SC(c2ccccc2F)N(CC(N)=O)C1=O. The summed E-state index contributed by atoms with van der Waals surface area (Å²) < 4.78 is 13.7. The lowest BCUT2D eigenvalue weighted by Crippen LogP contribution is -2.37. The van der Waals surface area contributed by atoms with E-state index in [1.165, 1.54) is 22.7 Å². The van der Waals surface area contributed by atoms with E-state index in [-0.39, 0.29) is 23.5 Å². The fraction of sp³-hybridized carbons (Fsp3) is 0.333. The normalized spacial score (nSPS) is 23.4. The first-order chi connectivity index (χ1) is 8.50. The van der Waals surface area contributed by atoms with Crippen molar-refractivity contribution < 1.29 is 14.0 Å². The van der Waals surface area contributed by atoms with Gasteiger partial charge >= 0.3 is 0 Å². The summed E-state index contributed by atoms with van der Waals surface area (Å²) in [6.45, 7) is 1.55. The lowest BCUT2D eigenvalue weighted by atomic mass is 10.2. The summed E-state index contributed by atoms with van der Waals surface area (Å²) in [5.74, 6) is -1.17. The lowest BCUT2D eigenvalue weighted by molar-refractivity contribution is -0.134. The van der Waals surface area contributed by atoms with Gasteiger partial charge in [-0.15, -0.1) is 11.8 Å². The number of primary amides is 1. The third-order valence-electron chi connectivity index (χ3n) is 2.74. The van der Waals surface area contributed by atoms with Crippen LogP contribution in [0.3, 0.4) is 0 Å². The smallest absolute Gasteiger partial charge is 0.237 e. The average Bonchev–Trinajstić information content (AvgIpc) is 2.57. The van der Waals surface area contributed by atoms with E-state index in [4.69, 9.17) is 5.73 Å². The van der Waals surface area contributed by atoms with E-state index in [1.807, 2.05) is 0 Å². The van der Waals surface area contributed by atoms with E-state index < -0.39 is 11.3 Å². The van der Waals surface area contributed by atoms with Gasteiger partial charge < -0.3 is 10.6 Å². The fourth-order valence-electron chi connectivity index (χ4n) is 1.92.